The number of amides is 2. The molecular formula is C20H20N2O5. The minimum Gasteiger partial charge on any atom is -0.272 e. The molecule has 1 fully saturated rings. The summed E-state index contributed by atoms with van der Waals surface area (Å²) >= 11 is 0. The fraction of sp³-hybridized carbons (Fsp3) is 0.300. The molecular weight excluding hydrogens is 348 g/mol. The summed E-state index contributed by atoms with van der Waals surface area (Å²) in [6.45, 7) is 1.98. The van der Waals surface area contributed by atoms with E-state index in [9.17, 15) is 19.7 Å². The van der Waals surface area contributed by atoms with E-state index in [0.29, 0.717) is 18.4 Å². The van der Waals surface area contributed by atoms with E-state index in [1.165, 1.54) is 12.1 Å². The molecule has 7 nitrogen and oxygen atoms in total. The predicted octanol–water partition coefficient (Wildman–Crippen LogP) is 3.52. The molecule has 0 aromatic heterocycles. The van der Waals surface area contributed by atoms with Crippen molar-refractivity contribution in [3.63, 3.8) is 0 Å². The number of hydrogen-bond acceptors (Lipinski definition) is 5. The van der Waals surface area contributed by atoms with Crippen LogP contribution in [0.4, 0.5) is 5.69 Å². The van der Waals surface area contributed by atoms with Gasteiger partial charge in [-0.1, -0.05) is 49.4 Å². The van der Waals surface area contributed by atoms with E-state index < -0.39 is 16.2 Å². The van der Waals surface area contributed by atoms with Gasteiger partial charge in [-0.05, 0) is 24.0 Å². The Labute approximate surface area is 156 Å². The number of nitro benzene ring substituents is 1. The van der Waals surface area contributed by atoms with Crippen molar-refractivity contribution in [2.45, 2.75) is 38.2 Å². The number of hydroxylamine groups is 2. The molecule has 0 saturated carbocycles. The van der Waals surface area contributed by atoms with E-state index >= 15 is 0 Å². The standard InChI is InChI=1S/C20H20N2O5/c1-2-20(16-8-10-17(11-9-16)22(25)26)13-12-18(23)21(19(20)24)27-14-15-6-4-3-5-7-15/h3-11H,2,12-14H2,1H3. The van der Waals surface area contributed by atoms with Crippen molar-refractivity contribution in [2.24, 2.45) is 0 Å². The van der Waals surface area contributed by atoms with Crippen LogP contribution in [0.15, 0.2) is 54.6 Å². The molecule has 0 radical (unpaired) electrons. The van der Waals surface area contributed by atoms with Gasteiger partial charge in [0, 0.05) is 18.6 Å². The molecule has 1 heterocycles. The van der Waals surface area contributed by atoms with E-state index in [-0.39, 0.29) is 24.6 Å². The zero-order valence-corrected chi connectivity index (χ0v) is 15.0. The van der Waals surface area contributed by atoms with Crippen LogP contribution in [0.3, 0.4) is 0 Å². The minimum absolute atomic E-state index is 0.0403. The summed E-state index contributed by atoms with van der Waals surface area (Å²) in [4.78, 5) is 41.4. The highest BCUT2D eigenvalue weighted by Gasteiger charge is 2.48. The molecule has 1 atom stereocenters. The molecule has 0 aliphatic carbocycles. The van der Waals surface area contributed by atoms with Crippen LogP contribution in [0.25, 0.3) is 0 Å². The summed E-state index contributed by atoms with van der Waals surface area (Å²) in [5.41, 5.74) is 0.531. The van der Waals surface area contributed by atoms with Gasteiger partial charge < -0.3 is 0 Å². The Bertz CT molecular complexity index is 850. The molecule has 1 aliphatic heterocycles. The van der Waals surface area contributed by atoms with Gasteiger partial charge in [-0.3, -0.25) is 24.5 Å². The van der Waals surface area contributed by atoms with Crippen molar-refractivity contribution < 1.29 is 19.3 Å². The van der Waals surface area contributed by atoms with Gasteiger partial charge in [0.15, 0.2) is 0 Å². The quantitative estimate of drug-likeness (QED) is 0.442. The number of carbonyl (C=O) groups is 2. The molecule has 1 aliphatic rings. The lowest BCUT2D eigenvalue weighted by Gasteiger charge is -2.39. The lowest BCUT2D eigenvalue weighted by atomic mass is 9.71. The lowest BCUT2D eigenvalue weighted by Crippen LogP contribution is -2.53. The van der Waals surface area contributed by atoms with Crippen molar-refractivity contribution in [1.29, 1.82) is 0 Å². The second-order valence-electron chi connectivity index (χ2n) is 6.49. The third-order valence-corrected chi connectivity index (χ3v) is 5.02. The average molecular weight is 368 g/mol. The van der Waals surface area contributed by atoms with Crippen LogP contribution in [0.5, 0.6) is 0 Å². The first-order valence-corrected chi connectivity index (χ1v) is 8.77. The highest BCUT2D eigenvalue weighted by atomic mass is 16.7. The second kappa shape index (κ2) is 7.67. The van der Waals surface area contributed by atoms with Crippen LogP contribution >= 0.6 is 0 Å². The summed E-state index contributed by atoms with van der Waals surface area (Å²) in [5.74, 6) is -0.798. The van der Waals surface area contributed by atoms with Gasteiger partial charge in [-0.2, -0.15) is 5.06 Å². The van der Waals surface area contributed by atoms with E-state index in [1.807, 2.05) is 37.3 Å². The monoisotopic (exact) mass is 368 g/mol. The molecule has 140 valence electrons. The zero-order chi connectivity index (χ0) is 19.4. The van der Waals surface area contributed by atoms with Crippen molar-refractivity contribution in [3.05, 3.63) is 75.8 Å². The Morgan fingerprint density at radius 3 is 2.37 bits per heavy atom. The van der Waals surface area contributed by atoms with Crippen LogP contribution in [0, 0.1) is 10.1 Å². The average Bonchev–Trinajstić information content (AvgIpc) is 2.69. The molecule has 0 N–H and O–H groups in total. The molecule has 0 bridgehead atoms. The van der Waals surface area contributed by atoms with Crippen LogP contribution < -0.4 is 0 Å². The van der Waals surface area contributed by atoms with Crippen molar-refractivity contribution in [1.82, 2.24) is 5.06 Å². The van der Waals surface area contributed by atoms with Crippen molar-refractivity contribution in [3.8, 4) is 0 Å². The van der Waals surface area contributed by atoms with Crippen LogP contribution in [-0.2, 0) is 26.4 Å². The number of hydrogen-bond donors (Lipinski definition) is 0. The number of nitro groups is 1. The fourth-order valence-electron chi connectivity index (χ4n) is 3.38. The van der Waals surface area contributed by atoms with Crippen molar-refractivity contribution in [2.75, 3.05) is 0 Å². The topological polar surface area (TPSA) is 89.8 Å². The smallest absolute Gasteiger partial charge is 0.269 e. The summed E-state index contributed by atoms with van der Waals surface area (Å²) in [7, 11) is 0. The van der Waals surface area contributed by atoms with Crippen LogP contribution in [0.1, 0.15) is 37.3 Å². The molecule has 2 aromatic rings. The Kier molecular flexibility index (Phi) is 5.32. The van der Waals surface area contributed by atoms with Gasteiger partial charge in [-0.15, -0.1) is 0 Å². The van der Waals surface area contributed by atoms with Gasteiger partial charge in [0.1, 0.15) is 6.61 Å². The highest BCUT2D eigenvalue weighted by molar-refractivity contribution is 6.02. The third kappa shape index (κ3) is 3.59. The Hall–Kier alpha value is -3.06. The van der Waals surface area contributed by atoms with E-state index in [4.69, 9.17) is 4.84 Å². The molecule has 2 aromatic carbocycles. The minimum atomic E-state index is -0.931. The molecule has 2 amide bonds. The SMILES string of the molecule is CCC1(c2ccc([N+](=O)[O-])cc2)CCC(=O)N(OCc2ccccc2)C1=O. The number of imide groups is 1. The van der Waals surface area contributed by atoms with Gasteiger partial charge in [0.2, 0.25) is 0 Å². The van der Waals surface area contributed by atoms with Crippen LogP contribution in [-0.4, -0.2) is 21.8 Å². The molecule has 3 rings (SSSR count). The number of nitrogens with zero attached hydrogens (tertiary/aromatic N) is 2. The number of rotatable bonds is 6. The highest BCUT2D eigenvalue weighted by Crippen LogP contribution is 2.39. The molecule has 1 saturated heterocycles. The van der Waals surface area contributed by atoms with Gasteiger partial charge in [0.05, 0.1) is 10.3 Å². The summed E-state index contributed by atoms with van der Waals surface area (Å²) in [5, 5.41) is 11.7. The van der Waals surface area contributed by atoms with E-state index in [0.717, 1.165) is 10.6 Å². The van der Waals surface area contributed by atoms with Gasteiger partial charge >= 0.3 is 0 Å². The summed E-state index contributed by atoms with van der Waals surface area (Å²) in [6, 6.07) is 15.2. The number of benzene rings is 2. The Morgan fingerprint density at radius 1 is 1.11 bits per heavy atom. The zero-order valence-electron chi connectivity index (χ0n) is 15.0. The van der Waals surface area contributed by atoms with Gasteiger partial charge in [0.25, 0.3) is 17.5 Å². The number of piperidine rings is 1. The summed E-state index contributed by atoms with van der Waals surface area (Å²) in [6.07, 6.45) is 0.984. The molecule has 27 heavy (non-hydrogen) atoms. The molecule has 0 spiro atoms. The fourth-order valence-corrected chi connectivity index (χ4v) is 3.38. The Morgan fingerprint density at radius 2 is 1.78 bits per heavy atom. The second-order valence-corrected chi connectivity index (χ2v) is 6.49. The summed E-state index contributed by atoms with van der Waals surface area (Å²) < 4.78 is 0. The molecule has 1 unspecified atom stereocenters. The van der Waals surface area contributed by atoms with E-state index in [2.05, 4.69) is 0 Å². The Balaban J connectivity index is 1.86. The third-order valence-electron chi connectivity index (χ3n) is 5.02. The normalized spacial score (nSPS) is 20.0. The lowest BCUT2D eigenvalue weighted by molar-refractivity contribution is -0.384. The maximum Gasteiger partial charge on any atom is 0.269 e. The van der Waals surface area contributed by atoms with E-state index in [1.54, 1.807) is 12.1 Å². The maximum absolute atomic E-state index is 13.2. The van der Waals surface area contributed by atoms with Gasteiger partial charge in [-0.25, -0.2) is 0 Å². The predicted molar refractivity (Wildman–Crippen MR) is 97.4 cm³/mol. The molecule has 7 heteroatoms. The van der Waals surface area contributed by atoms with Crippen LogP contribution in [0.2, 0.25) is 0 Å². The largest absolute Gasteiger partial charge is 0.272 e. The number of non-ortho nitro benzene ring substituents is 1. The first-order chi connectivity index (χ1) is 13.0. The van der Waals surface area contributed by atoms with Crippen molar-refractivity contribution >= 4 is 17.5 Å². The maximum atomic E-state index is 13.2. The first-order valence-electron chi connectivity index (χ1n) is 8.77. The number of carbonyl (C=O) groups excluding carboxylic acids is 2. The first kappa shape index (κ1) is 18.7.